The van der Waals surface area contributed by atoms with Gasteiger partial charge in [0.2, 0.25) is 0 Å². The van der Waals surface area contributed by atoms with E-state index in [1.165, 1.54) is 11.0 Å². The molecule has 0 aliphatic carbocycles. The van der Waals surface area contributed by atoms with Gasteiger partial charge in [0.25, 0.3) is 11.8 Å². The molecule has 1 saturated heterocycles. The molecule has 2 amide bonds. The third kappa shape index (κ3) is 4.58. The minimum atomic E-state index is -0.579. The first-order chi connectivity index (χ1) is 13.9. The maximum absolute atomic E-state index is 13.1. The van der Waals surface area contributed by atoms with E-state index in [4.69, 9.17) is 33.3 Å². The predicted molar refractivity (Wildman–Crippen MR) is 116 cm³/mol. The fourth-order valence-corrected chi connectivity index (χ4v) is 3.29. The molecule has 0 spiro atoms. The maximum Gasteiger partial charge on any atom is 0.270 e. The Bertz CT molecular complexity index is 989. The number of amides is 2. The van der Waals surface area contributed by atoms with Crippen LogP contribution in [0.25, 0.3) is 6.08 Å². The molecule has 0 saturated carbocycles. The molecule has 0 aromatic heterocycles. The Hall–Kier alpha value is -2.90. The lowest BCUT2D eigenvalue weighted by atomic mass is 10.1. The summed E-state index contributed by atoms with van der Waals surface area (Å²) < 4.78 is 11.0. The lowest BCUT2D eigenvalue weighted by Gasteiger charge is -2.29. The van der Waals surface area contributed by atoms with Gasteiger partial charge in [0.05, 0.1) is 18.9 Å². The van der Waals surface area contributed by atoms with Gasteiger partial charge in [0.1, 0.15) is 17.1 Å². The number of hydrogen-bond donors (Lipinski definition) is 1. The summed E-state index contributed by atoms with van der Waals surface area (Å²) in [6.45, 7) is 4.69. The van der Waals surface area contributed by atoms with E-state index in [0.717, 1.165) is 0 Å². The van der Waals surface area contributed by atoms with Crippen LogP contribution in [-0.2, 0) is 9.59 Å². The van der Waals surface area contributed by atoms with Gasteiger partial charge in [-0.3, -0.25) is 19.8 Å². The monoisotopic (exact) mass is 430 g/mol. The summed E-state index contributed by atoms with van der Waals surface area (Å²) >= 11 is 11.3. The molecule has 1 N–H and O–H groups in total. The number of carbonyl (C=O) groups is 2. The molecular formula is C21H19ClN2O4S. The molecule has 6 nitrogen and oxygen atoms in total. The first-order valence-corrected chi connectivity index (χ1v) is 9.79. The van der Waals surface area contributed by atoms with Crippen LogP contribution in [-0.4, -0.2) is 30.1 Å². The Morgan fingerprint density at radius 1 is 1.07 bits per heavy atom. The number of benzene rings is 2. The third-order valence-electron chi connectivity index (χ3n) is 4.08. The number of nitrogens with one attached hydrogen (secondary N) is 1. The van der Waals surface area contributed by atoms with Crippen LogP contribution in [0.5, 0.6) is 11.5 Å². The minimum Gasteiger partial charge on any atom is -0.494 e. The van der Waals surface area contributed by atoms with Gasteiger partial charge in [0, 0.05) is 10.6 Å². The van der Waals surface area contributed by atoms with Crippen molar-refractivity contribution in [3.8, 4) is 11.5 Å². The Balaban J connectivity index is 1.99. The number of anilines is 1. The summed E-state index contributed by atoms with van der Waals surface area (Å²) in [7, 11) is 0. The molecule has 1 heterocycles. The van der Waals surface area contributed by atoms with Crippen LogP contribution in [0.1, 0.15) is 19.4 Å². The molecule has 29 heavy (non-hydrogen) atoms. The van der Waals surface area contributed by atoms with Crippen molar-refractivity contribution in [2.75, 3.05) is 18.1 Å². The van der Waals surface area contributed by atoms with E-state index in [9.17, 15) is 9.59 Å². The predicted octanol–water partition coefficient (Wildman–Crippen LogP) is 3.97. The van der Waals surface area contributed by atoms with E-state index in [0.29, 0.717) is 41.0 Å². The summed E-state index contributed by atoms with van der Waals surface area (Å²) in [5.74, 6) is 0.0763. The van der Waals surface area contributed by atoms with E-state index in [1.54, 1.807) is 42.5 Å². The molecule has 3 rings (SSSR count). The topological polar surface area (TPSA) is 67.9 Å². The summed E-state index contributed by atoms with van der Waals surface area (Å²) in [5, 5.41) is 3.03. The average Bonchev–Trinajstić information content (AvgIpc) is 2.68. The van der Waals surface area contributed by atoms with Gasteiger partial charge < -0.3 is 9.47 Å². The lowest BCUT2D eigenvalue weighted by molar-refractivity contribution is -0.122. The summed E-state index contributed by atoms with van der Waals surface area (Å²) in [6.07, 6.45) is 1.46. The van der Waals surface area contributed by atoms with Crippen molar-refractivity contribution in [3.05, 3.63) is 58.6 Å². The van der Waals surface area contributed by atoms with Crippen LogP contribution in [0.4, 0.5) is 5.69 Å². The van der Waals surface area contributed by atoms with Crippen molar-refractivity contribution in [2.24, 2.45) is 0 Å². The Morgan fingerprint density at radius 2 is 1.76 bits per heavy atom. The van der Waals surface area contributed by atoms with Crippen LogP contribution in [0.15, 0.2) is 48.0 Å². The highest BCUT2D eigenvalue weighted by molar-refractivity contribution is 7.80. The molecule has 1 fully saturated rings. The van der Waals surface area contributed by atoms with Crippen molar-refractivity contribution in [3.63, 3.8) is 0 Å². The zero-order chi connectivity index (χ0) is 21.0. The van der Waals surface area contributed by atoms with E-state index in [1.807, 2.05) is 13.8 Å². The largest absolute Gasteiger partial charge is 0.494 e. The van der Waals surface area contributed by atoms with Crippen molar-refractivity contribution >= 4 is 52.5 Å². The second-order valence-electron chi connectivity index (χ2n) is 6.00. The standard InChI is InChI=1S/C21H19ClN2O4S/c1-3-27-16-8-6-15(7-9-16)24-20(26)17(19(25)23-21(24)29)12-13-11-14(22)5-10-18(13)28-4-2/h5-12H,3-4H2,1-2H3,(H,23,25,29)/b17-12+. The van der Waals surface area contributed by atoms with Crippen LogP contribution in [0, 0.1) is 0 Å². The second-order valence-corrected chi connectivity index (χ2v) is 6.82. The summed E-state index contributed by atoms with van der Waals surface area (Å²) in [6, 6.07) is 11.9. The van der Waals surface area contributed by atoms with Crippen molar-refractivity contribution in [1.29, 1.82) is 0 Å². The van der Waals surface area contributed by atoms with E-state index < -0.39 is 11.8 Å². The quantitative estimate of drug-likeness (QED) is 0.426. The van der Waals surface area contributed by atoms with Gasteiger partial charge in [-0.15, -0.1) is 0 Å². The Labute approximate surface area is 179 Å². The zero-order valence-electron chi connectivity index (χ0n) is 15.9. The first kappa shape index (κ1) is 20.8. The molecule has 0 atom stereocenters. The van der Waals surface area contributed by atoms with Crippen molar-refractivity contribution in [1.82, 2.24) is 5.32 Å². The number of halogens is 1. The SMILES string of the molecule is CCOc1ccc(N2C(=O)/C(=C/c3cc(Cl)ccc3OCC)C(=O)NC2=S)cc1. The van der Waals surface area contributed by atoms with Gasteiger partial charge in [0.15, 0.2) is 5.11 Å². The highest BCUT2D eigenvalue weighted by Crippen LogP contribution is 2.28. The van der Waals surface area contributed by atoms with Crippen LogP contribution in [0.3, 0.4) is 0 Å². The van der Waals surface area contributed by atoms with Crippen LogP contribution >= 0.6 is 23.8 Å². The maximum atomic E-state index is 13.1. The van der Waals surface area contributed by atoms with Crippen LogP contribution < -0.4 is 19.7 Å². The normalized spacial score (nSPS) is 15.5. The fourth-order valence-electron chi connectivity index (χ4n) is 2.82. The zero-order valence-corrected chi connectivity index (χ0v) is 17.5. The number of nitrogens with zero attached hydrogens (tertiary/aromatic N) is 1. The first-order valence-electron chi connectivity index (χ1n) is 9.01. The molecule has 2 aromatic rings. The number of rotatable bonds is 6. The lowest BCUT2D eigenvalue weighted by Crippen LogP contribution is -2.54. The van der Waals surface area contributed by atoms with Gasteiger partial charge in [-0.1, -0.05) is 11.6 Å². The third-order valence-corrected chi connectivity index (χ3v) is 4.60. The molecule has 1 aliphatic heterocycles. The van der Waals surface area contributed by atoms with Crippen LogP contribution in [0.2, 0.25) is 5.02 Å². The van der Waals surface area contributed by atoms with Gasteiger partial charge in [-0.05, 0) is 74.6 Å². The van der Waals surface area contributed by atoms with E-state index in [2.05, 4.69) is 5.32 Å². The Morgan fingerprint density at radius 3 is 2.41 bits per heavy atom. The molecular weight excluding hydrogens is 412 g/mol. The molecule has 1 aliphatic rings. The summed E-state index contributed by atoms with van der Waals surface area (Å²) in [5.41, 5.74) is 0.971. The number of thiocarbonyl (C=S) groups is 1. The molecule has 0 radical (unpaired) electrons. The Kier molecular flexibility index (Phi) is 6.51. The van der Waals surface area contributed by atoms with Gasteiger partial charge >= 0.3 is 0 Å². The molecule has 0 bridgehead atoms. The van der Waals surface area contributed by atoms with Gasteiger partial charge in [-0.2, -0.15) is 0 Å². The van der Waals surface area contributed by atoms with E-state index in [-0.39, 0.29) is 10.7 Å². The number of ether oxygens (including phenoxy) is 2. The fraction of sp³-hybridized carbons (Fsp3) is 0.190. The second kappa shape index (κ2) is 9.07. The molecule has 2 aromatic carbocycles. The van der Waals surface area contributed by atoms with Crippen molar-refractivity contribution < 1.29 is 19.1 Å². The smallest absolute Gasteiger partial charge is 0.270 e. The summed E-state index contributed by atoms with van der Waals surface area (Å²) in [4.78, 5) is 26.9. The molecule has 0 unspecified atom stereocenters. The highest BCUT2D eigenvalue weighted by atomic mass is 35.5. The average molecular weight is 431 g/mol. The molecule has 8 heteroatoms. The number of hydrogen-bond acceptors (Lipinski definition) is 5. The molecule has 150 valence electrons. The van der Waals surface area contributed by atoms with E-state index >= 15 is 0 Å². The highest BCUT2D eigenvalue weighted by Gasteiger charge is 2.34. The minimum absolute atomic E-state index is 0.0115. The number of carbonyl (C=O) groups excluding carboxylic acids is 2. The van der Waals surface area contributed by atoms with Gasteiger partial charge in [-0.25, -0.2) is 0 Å². The van der Waals surface area contributed by atoms with Crippen molar-refractivity contribution in [2.45, 2.75) is 13.8 Å².